The van der Waals surface area contributed by atoms with Gasteiger partial charge in [-0.1, -0.05) is 48.5 Å². The number of carbonyl (C=O) groups excluding carboxylic acids is 2. The number of quaternary nitrogens is 1. The van der Waals surface area contributed by atoms with Crippen LogP contribution in [0.4, 0.5) is 9.59 Å². The average Bonchev–Trinajstić information content (AvgIpc) is 3.12. The Morgan fingerprint density at radius 1 is 0.972 bits per heavy atom. The summed E-state index contributed by atoms with van der Waals surface area (Å²) in [6.45, 7) is 5.83. The summed E-state index contributed by atoms with van der Waals surface area (Å²) in [6.07, 6.45) is 0.254. The number of nitrogens with zero attached hydrogens (tertiary/aromatic N) is 1. The lowest BCUT2D eigenvalue weighted by molar-refractivity contribution is -0.836. The molecule has 1 unspecified atom stereocenters. The summed E-state index contributed by atoms with van der Waals surface area (Å²) >= 11 is 0. The summed E-state index contributed by atoms with van der Waals surface area (Å²) in [4.78, 5) is 36.7. The van der Waals surface area contributed by atoms with Crippen molar-refractivity contribution in [3.05, 3.63) is 59.7 Å². The number of alkyl carbamates (subject to hydrolysis) is 1. The molecular formula is C28H37N2O6+. The van der Waals surface area contributed by atoms with Crippen molar-refractivity contribution in [3.63, 3.8) is 0 Å². The number of ether oxygens (including phenoxy) is 2. The number of carbonyl (C=O) groups is 3. The number of hydrogen-bond acceptors (Lipinski definition) is 5. The maximum atomic E-state index is 12.6. The first-order valence-electron chi connectivity index (χ1n) is 12.3. The molecule has 2 aromatic rings. The molecule has 2 amide bonds. The van der Waals surface area contributed by atoms with E-state index < -0.39 is 34.3 Å². The zero-order chi connectivity index (χ0) is 26.5. The number of likely N-dealkylation sites (N-methyl/N-ethyl adjacent to an activating group) is 1. The van der Waals surface area contributed by atoms with Gasteiger partial charge in [0.1, 0.15) is 12.2 Å². The molecule has 0 aliphatic heterocycles. The van der Waals surface area contributed by atoms with Crippen molar-refractivity contribution < 1.29 is 33.4 Å². The third kappa shape index (κ3) is 6.43. The Morgan fingerprint density at radius 3 is 2.06 bits per heavy atom. The van der Waals surface area contributed by atoms with Gasteiger partial charge in [-0.05, 0) is 55.9 Å². The van der Waals surface area contributed by atoms with E-state index in [0.717, 1.165) is 11.1 Å². The first-order chi connectivity index (χ1) is 16.9. The topological polar surface area (TPSA) is 102 Å². The van der Waals surface area contributed by atoms with Crippen molar-refractivity contribution in [2.75, 3.05) is 27.2 Å². The zero-order valence-corrected chi connectivity index (χ0v) is 21.7. The third-order valence-electron chi connectivity index (χ3n) is 6.45. The highest BCUT2D eigenvalue weighted by Crippen LogP contribution is 2.44. The highest BCUT2D eigenvalue weighted by molar-refractivity contribution is 5.79. The normalized spacial score (nSPS) is 13.9. The molecule has 0 saturated carbocycles. The van der Waals surface area contributed by atoms with Crippen LogP contribution in [0, 0.1) is 0 Å². The summed E-state index contributed by atoms with van der Waals surface area (Å²) in [6, 6.07) is 15.4. The van der Waals surface area contributed by atoms with E-state index in [1.165, 1.54) is 11.1 Å². The van der Waals surface area contributed by atoms with Gasteiger partial charge in [0.25, 0.3) is 0 Å². The first-order valence-corrected chi connectivity index (χ1v) is 12.3. The molecule has 36 heavy (non-hydrogen) atoms. The van der Waals surface area contributed by atoms with E-state index in [-0.39, 0.29) is 18.9 Å². The van der Waals surface area contributed by atoms with E-state index >= 15 is 0 Å². The zero-order valence-electron chi connectivity index (χ0n) is 21.7. The molecule has 0 saturated heterocycles. The Bertz CT molecular complexity index is 1060. The molecule has 3 rings (SSSR count). The number of rotatable bonds is 9. The van der Waals surface area contributed by atoms with Gasteiger partial charge in [0.2, 0.25) is 0 Å². The molecule has 8 nitrogen and oxygen atoms in total. The predicted octanol–water partition coefficient (Wildman–Crippen LogP) is 5.16. The predicted molar refractivity (Wildman–Crippen MR) is 137 cm³/mol. The maximum Gasteiger partial charge on any atom is 0.516 e. The lowest BCUT2D eigenvalue weighted by atomic mass is 9.98. The van der Waals surface area contributed by atoms with Crippen LogP contribution in [0.15, 0.2) is 48.5 Å². The van der Waals surface area contributed by atoms with Crippen LogP contribution in [0.2, 0.25) is 0 Å². The van der Waals surface area contributed by atoms with E-state index in [2.05, 4.69) is 29.6 Å². The second-order valence-electron chi connectivity index (χ2n) is 10.6. The van der Waals surface area contributed by atoms with Crippen molar-refractivity contribution in [1.82, 2.24) is 5.32 Å². The third-order valence-corrected chi connectivity index (χ3v) is 6.45. The summed E-state index contributed by atoms with van der Waals surface area (Å²) in [7, 11) is 3.09. The second-order valence-corrected chi connectivity index (χ2v) is 10.6. The smallest absolute Gasteiger partial charge is 0.477 e. The van der Waals surface area contributed by atoms with Crippen LogP contribution in [0.1, 0.15) is 57.1 Å². The van der Waals surface area contributed by atoms with Gasteiger partial charge in [-0.2, -0.15) is 4.79 Å². The Balaban J connectivity index is 1.45. The number of benzene rings is 2. The Morgan fingerprint density at radius 2 is 1.53 bits per heavy atom. The lowest BCUT2D eigenvalue weighted by Gasteiger charge is -2.33. The molecule has 0 fully saturated rings. The summed E-state index contributed by atoms with van der Waals surface area (Å²) < 4.78 is 10.5. The van der Waals surface area contributed by atoms with Gasteiger partial charge in [-0.25, -0.2) is 14.1 Å². The summed E-state index contributed by atoms with van der Waals surface area (Å²) in [5, 5.41) is 12.4. The van der Waals surface area contributed by atoms with Gasteiger partial charge in [0.15, 0.2) is 6.04 Å². The number of carboxylic acid groups (broad SMARTS) is 1. The number of amides is 2. The Hall–Kier alpha value is -3.39. The van der Waals surface area contributed by atoms with Crippen LogP contribution >= 0.6 is 0 Å². The van der Waals surface area contributed by atoms with Crippen LogP contribution in [0.25, 0.3) is 11.1 Å². The van der Waals surface area contributed by atoms with Crippen molar-refractivity contribution in [1.29, 1.82) is 0 Å². The van der Waals surface area contributed by atoms with Gasteiger partial charge in [0, 0.05) is 18.9 Å². The second kappa shape index (κ2) is 11.1. The van der Waals surface area contributed by atoms with E-state index in [1.807, 2.05) is 24.3 Å². The van der Waals surface area contributed by atoms with Crippen molar-refractivity contribution in [2.24, 2.45) is 0 Å². The van der Waals surface area contributed by atoms with E-state index in [1.54, 1.807) is 34.9 Å². The maximum absolute atomic E-state index is 12.6. The van der Waals surface area contributed by atoms with Crippen LogP contribution in [-0.2, 0) is 14.3 Å². The van der Waals surface area contributed by atoms with Gasteiger partial charge < -0.3 is 19.9 Å². The molecule has 194 valence electrons. The summed E-state index contributed by atoms with van der Waals surface area (Å²) in [5.41, 5.74) is 3.93. The minimum atomic E-state index is -1.06. The quantitative estimate of drug-likeness (QED) is 0.367. The molecule has 1 atom stereocenters. The minimum absolute atomic E-state index is 0.00710. The van der Waals surface area contributed by atoms with Gasteiger partial charge in [-0.3, -0.25) is 0 Å². The molecule has 2 N–H and O–H groups in total. The van der Waals surface area contributed by atoms with Gasteiger partial charge in [0.05, 0.1) is 14.1 Å². The van der Waals surface area contributed by atoms with Crippen molar-refractivity contribution in [2.45, 2.75) is 57.6 Å². The number of hydrogen-bond donors (Lipinski definition) is 2. The van der Waals surface area contributed by atoms with Crippen molar-refractivity contribution in [3.8, 4) is 11.1 Å². The molecule has 8 heteroatoms. The Labute approximate surface area is 212 Å². The molecule has 2 aromatic carbocycles. The number of fused-ring (bicyclic) bond motifs is 3. The molecule has 0 aromatic heterocycles. The standard InChI is InChI=1S/C28H36N2O6/c1-28(2,3)36-27(34)30(4,5)24(25(31)32)16-10-11-17-29-26(33)35-18-23-21-14-8-6-12-19(21)20-13-7-9-15-22(20)23/h6-9,12-15,23-24H,10-11,16-18H2,1-5H3,(H-,29,31,32,33)/p+1. The highest BCUT2D eigenvalue weighted by Gasteiger charge is 2.44. The minimum Gasteiger partial charge on any atom is -0.477 e. The summed E-state index contributed by atoms with van der Waals surface area (Å²) in [5.74, 6) is -1.07. The fourth-order valence-electron chi connectivity index (χ4n) is 4.53. The number of aliphatic carboxylic acids is 1. The molecular weight excluding hydrogens is 460 g/mol. The molecule has 1 aliphatic rings. The molecule has 0 spiro atoms. The van der Waals surface area contributed by atoms with E-state index in [4.69, 9.17) is 9.47 Å². The molecule has 0 radical (unpaired) electrons. The van der Waals surface area contributed by atoms with Crippen molar-refractivity contribution >= 4 is 18.2 Å². The SMILES string of the molecule is CC(C)(C)OC(=O)[N+](C)(C)C(CCCCNC(=O)OCC1c2ccccc2-c2ccccc21)C(=O)O. The van der Waals surface area contributed by atoms with Gasteiger partial charge in [-0.15, -0.1) is 0 Å². The van der Waals surface area contributed by atoms with E-state index in [0.29, 0.717) is 19.4 Å². The van der Waals surface area contributed by atoms with Crippen LogP contribution in [0.5, 0.6) is 0 Å². The molecule has 0 heterocycles. The number of nitrogens with one attached hydrogen (secondary N) is 1. The lowest BCUT2D eigenvalue weighted by Crippen LogP contribution is -2.58. The highest BCUT2D eigenvalue weighted by atomic mass is 16.6. The van der Waals surface area contributed by atoms with Crippen LogP contribution in [-0.4, -0.2) is 66.6 Å². The number of unbranched alkanes of at least 4 members (excludes halogenated alkanes) is 1. The largest absolute Gasteiger partial charge is 0.516 e. The van der Waals surface area contributed by atoms with Crippen LogP contribution in [0.3, 0.4) is 0 Å². The Kier molecular flexibility index (Phi) is 8.40. The van der Waals surface area contributed by atoms with E-state index in [9.17, 15) is 19.5 Å². The molecule has 1 aliphatic carbocycles. The molecule has 0 bridgehead atoms. The monoisotopic (exact) mass is 497 g/mol. The first kappa shape index (κ1) is 27.2. The average molecular weight is 498 g/mol. The number of carboxylic acids is 1. The fourth-order valence-corrected chi connectivity index (χ4v) is 4.53. The van der Waals surface area contributed by atoms with Gasteiger partial charge >= 0.3 is 18.2 Å². The van der Waals surface area contributed by atoms with Crippen LogP contribution < -0.4 is 5.32 Å². The fraction of sp³-hybridized carbons (Fsp3) is 0.464.